The highest BCUT2D eigenvalue weighted by atomic mass is 19.4. The van der Waals surface area contributed by atoms with Crippen LogP contribution in [0.3, 0.4) is 0 Å². The first-order valence-corrected chi connectivity index (χ1v) is 4.45. The minimum Gasteiger partial charge on any atom is -0.347 e. The van der Waals surface area contributed by atoms with Crippen molar-refractivity contribution in [2.45, 2.75) is 12.6 Å². The molecule has 1 aromatic rings. The summed E-state index contributed by atoms with van der Waals surface area (Å²) in [5.41, 5.74) is 0.459. The molecule has 0 bridgehead atoms. The molecule has 1 amide bonds. The Kier molecular flexibility index (Phi) is 3.87. The molecule has 1 N–H and O–H groups in total. The van der Waals surface area contributed by atoms with Crippen molar-refractivity contribution in [3.8, 4) is 0 Å². The van der Waals surface area contributed by atoms with Crippen LogP contribution in [0.15, 0.2) is 24.3 Å². The van der Waals surface area contributed by atoms with Gasteiger partial charge in [0.05, 0.1) is 6.42 Å². The molecule has 6 heteroatoms. The van der Waals surface area contributed by atoms with Gasteiger partial charge in [0.15, 0.2) is 0 Å². The second-order valence-electron chi connectivity index (χ2n) is 3.20. The third-order valence-corrected chi connectivity index (χ3v) is 1.76. The van der Waals surface area contributed by atoms with Crippen molar-refractivity contribution >= 4 is 5.91 Å². The van der Waals surface area contributed by atoms with Gasteiger partial charge in [0.25, 0.3) is 0 Å². The largest absolute Gasteiger partial charge is 0.405 e. The molecule has 0 aromatic heterocycles. The summed E-state index contributed by atoms with van der Waals surface area (Å²) >= 11 is 0. The van der Waals surface area contributed by atoms with Gasteiger partial charge in [0, 0.05) is 0 Å². The highest BCUT2D eigenvalue weighted by Gasteiger charge is 2.27. The van der Waals surface area contributed by atoms with E-state index in [9.17, 15) is 22.4 Å². The summed E-state index contributed by atoms with van der Waals surface area (Å²) in [7, 11) is 0. The van der Waals surface area contributed by atoms with Gasteiger partial charge in [-0.15, -0.1) is 0 Å². The smallest absolute Gasteiger partial charge is 0.347 e. The van der Waals surface area contributed by atoms with E-state index in [4.69, 9.17) is 0 Å². The molecule has 0 saturated carbocycles. The molecule has 0 heterocycles. The van der Waals surface area contributed by atoms with Crippen LogP contribution in [0, 0.1) is 5.82 Å². The number of carbonyl (C=O) groups excluding carboxylic acids is 1. The molecule has 0 atom stereocenters. The average molecular weight is 235 g/mol. The predicted molar refractivity (Wildman–Crippen MR) is 49.2 cm³/mol. The van der Waals surface area contributed by atoms with E-state index in [1.165, 1.54) is 12.1 Å². The second kappa shape index (κ2) is 4.96. The van der Waals surface area contributed by atoms with Crippen molar-refractivity contribution in [3.63, 3.8) is 0 Å². The van der Waals surface area contributed by atoms with Gasteiger partial charge in [-0.05, 0) is 17.7 Å². The maximum atomic E-state index is 12.5. The fourth-order valence-corrected chi connectivity index (χ4v) is 1.05. The van der Waals surface area contributed by atoms with Crippen molar-refractivity contribution in [3.05, 3.63) is 35.6 Å². The Morgan fingerprint density at radius 3 is 2.25 bits per heavy atom. The van der Waals surface area contributed by atoms with E-state index in [1.54, 1.807) is 5.32 Å². The summed E-state index contributed by atoms with van der Waals surface area (Å²) in [6.07, 6.45) is -4.62. The molecule has 0 saturated heterocycles. The van der Waals surface area contributed by atoms with Crippen molar-refractivity contribution < 1.29 is 22.4 Å². The number of benzene rings is 1. The highest BCUT2D eigenvalue weighted by Crippen LogP contribution is 2.12. The first-order chi connectivity index (χ1) is 7.37. The maximum absolute atomic E-state index is 12.5. The minimum absolute atomic E-state index is 0.198. The van der Waals surface area contributed by atoms with Crippen molar-refractivity contribution in [1.82, 2.24) is 5.32 Å². The van der Waals surface area contributed by atoms with Crippen LogP contribution in [0.4, 0.5) is 17.6 Å². The van der Waals surface area contributed by atoms with Crippen LogP contribution in [0.25, 0.3) is 0 Å². The zero-order valence-electron chi connectivity index (χ0n) is 8.14. The molecule has 2 nitrogen and oxygen atoms in total. The van der Waals surface area contributed by atoms with Crippen LogP contribution in [-0.2, 0) is 11.2 Å². The van der Waals surface area contributed by atoms with E-state index in [0.717, 1.165) is 12.1 Å². The van der Waals surface area contributed by atoms with Gasteiger partial charge in [0.1, 0.15) is 12.4 Å². The van der Waals surface area contributed by atoms with Crippen LogP contribution < -0.4 is 5.32 Å². The monoisotopic (exact) mass is 235 g/mol. The Bertz CT molecular complexity index is 358. The molecule has 0 aliphatic heterocycles. The predicted octanol–water partition coefficient (Wildman–Crippen LogP) is 2.05. The standard InChI is InChI=1S/C10H9F4NO/c11-8-3-1-7(2-4-8)5-9(16)15-6-10(12,13)14/h1-4H,5-6H2,(H,15,16). The Labute approximate surface area is 89.3 Å². The van der Waals surface area contributed by atoms with E-state index in [-0.39, 0.29) is 6.42 Å². The van der Waals surface area contributed by atoms with Gasteiger partial charge in [-0.3, -0.25) is 4.79 Å². The number of carbonyl (C=O) groups is 1. The summed E-state index contributed by atoms with van der Waals surface area (Å²) in [6, 6.07) is 4.99. The number of alkyl halides is 3. The zero-order valence-corrected chi connectivity index (χ0v) is 8.14. The third-order valence-electron chi connectivity index (χ3n) is 1.76. The van der Waals surface area contributed by atoms with Gasteiger partial charge >= 0.3 is 6.18 Å². The van der Waals surface area contributed by atoms with Gasteiger partial charge in [-0.1, -0.05) is 12.1 Å². The maximum Gasteiger partial charge on any atom is 0.405 e. The van der Waals surface area contributed by atoms with Crippen LogP contribution in [0.1, 0.15) is 5.56 Å². The van der Waals surface area contributed by atoms with Crippen LogP contribution >= 0.6 is 0 Å². The number of amides is 1. The molecule has 16 heavy (non-hydrogen) atoms. The normalized spacial score (nSPS) is 11.2. The number of rotatable bonds is 3. The van der Waals surface area contributed by atoms with E-state index >= 15 is 0 Å². The fourth-order valence-electron chi connectivity index (χ4n) is 1.05. The SMILES string of the molecule is O=C(Cc1ccc(F)cc1)NCC(F)(F)F. The van der Waals surface area contributed by atoms with E-state index in [1.807, 2.05) is 0 Å². The third kappa shape index (κ3) is 4.77. The Morgan fingerprint density at radius 1 is 1.19 bits per heavy atom. The lowest BCUT2D eigenvalue weighted by molar-refractivity contribution is -0.138. The first-order valence-electron chi connectivity index (χ1n) is 4.45. The molecule has 0 unspecified atom stereocenters. The van der Waals surface area contributed by atoms with Crippen LogP contribution in [-0.4, -0.2) is 18.6 Å². The molecule has 0 aliphatic carbocycles. The van der Waals surface area contributed by atoms with E-state index in [2.05, 4.69) is 0 Å². The zero-order chi connectivity index (χ0) is 12.2. The molecule has 88 valence electrons. The average Bonchev–Trinajstić information content (AvgIpc) is 2.18. The topological polar surface area (TPSA) is 29.1 Å². The van der Waals surface area contributed by atoms with E-state index in [0.29, 0.717) is 5.56 Å². The van der Waals surface area contributed by atoms with Gasteiger partial charge in [-0.2, -0.15) is 13.2 Å². The lowest BCUT2D eigenvalue weighted by Crippen LogP contribution is -2.34. The van der Waals surface area contributed by atoms with Crippen LogP contribution in [0.5, 0.6) is 0 Å². The summed E-state index contributed by atoms with van der Waals surface area (Å²) in [5.74, 6) is -1.21. The van der Waals surface area contributed by atoms with Gasteiger partial charge < -0.3 is 5.32 Å². The molecule has 1 rings (SSSR count). The minimum atomic E-state index is -4.42. The molecular weight excluding hydrogens is 226 g/mol. The number of hydrogen-bond donors (Lipinski definition) is 1. The highest BCUT2D eigenvalue weighted by molar-refractivity contribution is 5.78. The Balaban J connectivity index is 2.43. The number of halogens is 4. The summed E-state index contributed by atoms with van der Waals surface area (Å²) < 4.78 is 47.7. The second-order valence-corrected chi connectivity index (χ2v) is 3.20. The number of hydrogen-bond acceptors (Lipinski definition) is 1. The summed E-state index contributed by atoms with van der Waals surface area (Å²) in [4.78, 5) is 11.0. The molecule has 0 radical (unpaired) electrons. The fraction of sp³-hybridized carbons (Fsp3) is 0.300. The van der Waals surface area contributed by atoms with Crippen LogP contribution in [0.2, 0.25) is 0 Å². The molecule has 1 aromatic carbocycles. The van der Waals surface area contributed by atoms with Crippen molar-refractivity contribution in [2.75, 3.05) is 6.54 Å². The molecule has 0 aliphatic rings. The molecular formula is C10H9F4NO. The van der Waals surface area contributed by atoms with E-state index < -0.39 is 24.4 Å². The first kappa shape index (κ1) is 12.5. The molecule has 0 spiro atoms. The molecule has 0 fully saturated rings. The van der Waals surface area contributed by atoms with Crippen molar-refractivity contribution in [2.24, 2.45) is 0 Å². The summed E-state index contributed by atoms with van der Waals surface area (Å²) in [6.45, 7) is -1.35. The van der Waals surface area contributed by atoms with Gasteiger partial charge in [0.2, 0.25) is 5.91 Å². The Hall–Kier alpha value is -1.59. The Morgan fingerprint density at radius 2 is 1.75 bits per heavy atom. The van der Waals surface area contributed by atoms with Gasteiger partial charge in [-0.25, -0.2) is 4.39 Å². The number of nitrogens with one attached hydrogen (secondary N) is 1. The quantitative estimate of drug-likeness (QED) is 0.798. The lowest BCUT2D eigenvalue weighted by Gasteiger charge is -2.08. The summed E-state index contributed by atoms with van der Waals surface area (Å²) in [5, 5.41) is 1.73. The lowest BCUT2D eigenvalue weighted by atomic mass is 10.1. The van der Waals surface area contributed by atoms with Crippen molar-refractivity contribution in [1.29, 1.82) is 0 Å².